The van der Waals surface area contributed by atoms with E-state index >= 15 is 0 Å². The van der Waals surface area contributed by atoms with Gasteiger partial charge in [-0.1, -0.05) is 11.6 Å². The molecule has 0 fully saturated rings. The minimum atomic E-state index is -0.996. The zero-order valence-electron chi connectivity index (χ0n) is 13.6. The number of aryl methyl sites for hydroxylation is 1. The Bertz CT molecular complexity index is 1040. The van der Waals surface area contributed by atoms with E-state index in [1.807, 2.05) is 19.1 Å². The van der Waals surface area contributed by atoms with E-state index in [2.05, 4.69) is 4.98 Å². The molecule has 2 aromatic heterocycles. The highest BCUT2D eigenvalue weighted by atomic mass is 35.5. The van der Waals surface area contributed by atoms with Crippen molar-refractivity contribution in [2.45, 2.75) is 19.4 Å². The van der Waals surface area contributed by atoms with Crippen molar-refractivity contribution in [3.63, 3.8) is 0 Å². The van der Waals surface area contributed by atoms with E-state index in [0.29, 0.717) is 16.8 Å². The highest BCUT2D eigenvalue weighted by molar-refractivity contribution is 7.17. The fraction of sp³-hybridized carbons (Fsp3) is 0.222. The summed E-state index contributed by atoms with van der Waals surface area (Å²) >= 11 is 7.40. The van der Waals surface area contributed by atoms with Crippen molar-refractivity contribution in [3.8, 4) is 11.6 Å². The highest BCUT2D eigenvalue weighted by Gasteiger charge is 2.29. The van der Waals surface area contributed by atoms with Gasteiger partial charge in [0.1, 0.15) is 6.61 Å². The number of nitrogens with zero attached hydrogens (tertiary/aromatic N) is 1. The molecule has 5 nitrogen and oxygen atoms in total. The predicted molar refractivity (Wildman–Crippen MR) is 96.0 cm³/mol. The third-order valence-electron chi connectivity index (χ3n) is 4.14. The number of ether oxygens (including phenoxy) is 2. The van der Waals surface area contributed by atoms with E-state index in [0.717, 1.165) is 22.6 Å². The Balaban J connectivity index is 1.71. The van der Waals surface area contributed by atoms with Gasteiger partial charge in [0.05, 0.1) is 21.7 Å². The summed E-state index contributed by atoms with van der Waals surface area (Å²) in [7, 11) is 0. The molecule has 1 aliphatic heterocycles. The van der Waals surface area contributed by atoms with Crippen LogP contribution >= 0.6 is 22.9 Å². The number of hydrogen-bond donors (Lipinski definition) is 1. The van der Waals surface area contributed by atoms with Crippen molar-refractivity contribution in [1.29, 1.82) is 0 Å². The average molecular weight is 394 g/mol. The van der Waals surface area contributed by atoms with Crippen LogP contribution < -0.4 is 9.47 Å². The molecule has 0 aliphatic carbocycles. The first-order valence-electron chi connectivity index (χ1n) is 7.81. The largest absolute Gasteiger partial charge is 0.481 e. The molecule has 1 N–H and O–H groups in total. The topological polar surface area (TPSA) is 68.7 Å². The van der Waals surface area contributed by atoms with E-state index in [-0.39, 0.29) is 28.5 Å². The van der Waals surface area contributed by atoms with Crippen molar-refractivity contribution in [3.05, 3.63) is 51.2 Å². The number of aliphatic carboxylic acids is 1. The van der Waals surface area contributed by atoms with Crippen LogP contribution in [0.2, 0.25) is 5.02 Å². The third kappa shape index (κ3) is 2.87. The van der Waals surface area contributed by atoms with Crippen LogP contribution in [0.4, 0.5) is 4.39 Å². The molecule has 26 heavy (non-hydrogen) atoms. The van der Waals surface area contributed by atoms with Crippen molar-refractivity contribution in [1.82, 2.24) is 4.98 Å². The molecule has 134 valence electrons. The van der Waals surface area contributed by atoms with E-state index in [1.54, 1.807) is 5.38 Å². The number of thiophene rings is 1. The average Bonchev–Trinajstić information content (AvgIpc) is 3.16. The van der Waals surface area contributed by atoms with Crippen LogP contribution in [0.3, 0.4) is 0 Å². The van der Waals surface area contributed by atoms with Gasteiger partial charge >= 0.3 is 5.97 Å². The summed E-state index contributed by atoms with van der Waals surface area (Å²) in [4.78, 5) is 15.3. The third-order valence-corrected chi connectivity index (χ3v) is 5.46. The Morgan fingerprint density at radius 1 is 1.54 bits per heavy atom. The molecule has 1 aromatic carbocycles. The lowest BCUT2D eigenvalue weighted by molar-refractivity contribution is -0.136. The Labute approximate surface area is 157 Å². The molecule has 0 saturated heterocycles. The number of rotatable bonds is 4. The number of carbonyl (C=O) groups is 1. The lowest BCUT2D eigenvalue weighted by atomic mass is 10.1. The quantitative estimate of drug-likeness (QED) is 0.705. The fourth-order valence-electron chi connectivity index (χ4n) is 2.96. The zero-order valence-corrected chi connectivity index (χ0v) is 15.2. The maximum atomic E-state index is 14.9. The van der Waals surface area contributed by atoms with Crippen LogP contribution in [0.25, 0.3) is 10.1 Å². The standard InChI is InChI=1S/C18H13ClFNO4S/c1-8-2-3-10-13(6-24-18(10)21-8)25-12-5-11(19)15-9(4-14(22)23)7-26-17(15)16(12)20/h2-3,5,7,13H,4,6H2,1H3,(H,22,23)/t13-/m1/s1. The summed E-state index contributed by atoms with van der Waals surface area (Å²) in [5.41, 5.74) is 2.07. The summed E-state index contributed by atoms with van der Waals surface area (Å²) in [5.74, 6) is -1.06. The van der Waals surface area contributed by atoms with Gasteiger partial charge in [-0.25, -0.2) is 9.37 Å². The van der Waals surface area contributed by atoms with Crippen LogP contribution in [0.1, 0.15) is 22.9 Å². The molecule has 1 atom stereocenters. The van der Waals surface area contributed by atoms with Gasteiger partial charge in [0.25, 0.3) is 0 Å². The van der Waals surface area contributed by atoms with Crippen molar-refractivity contribution < 1.29 is 23.8 Å². The van der Waals surface area contributed by atoms with Gasteiger partial charge in [-0.05, 0) is 30.0 Å². The molecular weight excluding hydrogens is 381 g/mol. The first-order chi connectivity index (χ1) is 12.4. The first-order valence-corrected chi connectivity index (χ1v) is 9.06. The summed E-state index contributed by atoms with van der Waals surface area (Å²) in [6.45, 7) is 2.09. The van der Waals surface area contributed by atoms with Gasteiger partial charge in [-0.15, -0.1) is 11.3 Å². The molecule has 0 amide bonds. The van der Waals surface area contributed by atoms with Crippen LogP contribution in [0.5, 0.6) is 11.6 Å². The van der Waals surface area contributed by atoms with Crippen molar-refractivity contribution in [2.24, 2.45) is 0 Å². The normalized spacial score (nSPS) is 15.7. The Morgan fingerprint density at radius 2 is 2.35 bits per heavy atom. The van der Waals surface area contributed by atoms with Crippen molar-refractivity contribution >= 4 is 39.0 Å². The lowest BCUT2D eigenvalue weighted by Crippen LogP contribution is -2.10. The van der Waals surface area contributed by atoms with Gasteiger partial charge in [0, 0.05) is 17.1 Å². The number of pyridine rings is 1. The van der Waals surface area contributed by atoms with Crippen LogP contribution in [-0.4, -0.2) is 22.7 Å². The number of benzene rings is 1. The number of hydrogen-bond acceptors (Lipinski definition) is 5. The molecule has 0 spiro atoms. The van der Waals surface area contributed by atoms with Gasteiger partial charge < -0.3 is 14.6 Å². The van der Waals surface area contributed by atoms with Crippen LogP contribution in [0.15, 0.2) is 23.6 Å². The van der Waals surface area contributed by atoms with Gasteiger partial charge in [-0.3, -0.25) is 4.79 Å². The molecule has 0 saturated carbocycles. The maximum Gasteiger partial charge on any atom is 0.307 e. The van der Waals surface area contributed by atoms with Crippen LogP contribution in [-0.2, 0) is 11.2 Å². The highest BCUT2D eigenvalue weighted by Crippen LogP contribution is 2.42. The number of halogens is 2. The SMILES string of the molecule is Cc1ccc2c(n1)OC[C@H]2Oc1cc(Cl)c2c(CC(=O)O)csc2c1F. The smallest absolute Gasteiger partial charge is 0.307 e. The molecule has 3 heterocycles. The minimum Gasteiger partial charge on any atom is -0.481 e. The molecule has 3 aromatic rings. The van der Waals surface area contributed by atoms with Crippen LogP contribution in [0, 0.1) is 12.7 Å². The minimum absolute atomic E-state index is 0.00764. The second kappa shape index (κ2) is 6.41. The molecular formula is C18H13ClFNO4S. The monoisotopic (exact) mass is 393 g/mol. The van der Waals surface area contributed by atoms with Crippen molar-refractivity contribution in [2.75, 3.05) is 6.61 Å². The Kier molecular flexibility index (Phi) is 4.20. The second-order valence-corrected chi connectivity index (χ2v) is 7.26. The number of carboxylic acid groups (broad SMARTS) is 1. The van der Waals surface area contributed by atoms with Gasteiger partial charge in [0.2, 0.25) is 5.88 Å². The molecule has 0 radical (unpaired) electrons. The molecule has 8 heteroatoms. The van der Waals surface area contributed by atoms with E-state index in [1.165, 1.54) is 6.07 Å². The van der Waals surface area contributed by atoms with E-state index in [4.69, 9.17) is 26.2 Å². The van der Waals surface area contributed by atoms with Gasteiger partial charge in [-0.2, -0.15) is 0 Å². The first kappa shape index (κ1) is 17.1. The van der Waals surface area contributed by atoms with E-state index < -0.39 is 17.9 Å². The number of aromatic nitrogens is 1. The number of carboxylic acids is 1. The molecule has 0 unspecified atom stereocenters. The maximum absolute atomic E-state index is 14.9. The Morgan fingerprint density at radius 3 is 3.12 bits per heavy atom. The fourth-order valence-corrected chi connectivity index (χ4v) is 4.35. The summed E-state index contributed by atoms with van der Waals surface area (Å²) in [6.07, 6.45) is -0.701. The summed E-state index contributed by atoms with van der Waals surface area (Å²) in [5, 5.41) is 11.3. The predicted octanol–water partition coefficient (Wildman–Crippen LogP) is 4.54. The number of fused-ring (bicyclic) bond motifs is 2. The summed E-state index contributed by atoms with van der Waals surface area (Å²) in [6, 6.07) is 5.08. The molecule has 1 aliphatic rings. The summed E-state index contributed by atoms with van der Waals surface area (Å²) < 4.78 is 26.5. The Hall–Kier alpha value is -2.38. The second-order valence-electron chi connectivity index (χ2n) is 5.97. The molecule has 4 rings (SSSR count). The zero-order chi connectivity index (χ0) is 18.4. The molecule has 0 bridgehead atoms. The van der Waals surface area contributed by atoms with E-state index in [9.17, 15) is 9.18 Å². The lowest BCUT2D eigenvalue weighted by Gasteiger charge is -2.14. The van der Waals surface area contributed by atoms with Gasteiger partial charge in [0.15, 0.2) is 17.7 Å².